The molecule has 5 rings (SSSR count). The number of likely N-dealkylation sites (tertiary alicyclic amines) is 1. The predicted molar refractivity (Wildman–Crippen MR) is 154 cm³/mol. The molecule has 1 unspecified atom stereocenters. The molecule has 1 amide bonds. The molecule has 6 nitrogen and oxygen atoms in total. The van der Waals surface area contributed by atoms with E-state index in [4.69, 9.17) is 9.47 Å². The molecule has 1 N–H and O–H groups in total. The van der Waals surface area contributed by atoms with Gasteiger partial charge in [0.1, 0.15) is 0 Å². The van der Waals surface area contributed by atoms with Crippen molar-refractivity contribution >= 4 is 17.4 Å². The van der Waals surface area contributed by atoms with Crippen LogP contribution in [0.15, 0.2) is 60.7 Å². The lowest BCUT2D eigenvalue weighted by Crippen LogP contribution is -2.32. The Kier molecular flexibility index (Phi) is 8.62. The number of benzene rings is 3. The van der Waals surface area contributed by atoms with E-state index in [9.17, 15) is 9.59 Å². The second kappa shape index (κ2) is 12.5. The molecule has 3 aromatic rings. The van der Waals surface area contributed by atoms with Crippen LogP contribution in [0.4, 0.5) is 5.69 Å². The zero-order chi connectivity index (χ0) is 27.2. The predicted octanol–water partition coefficient (Wildman–Crippen LogP) is 6.17. The van der Waals surface area contributed by atoms with E-state index in [0.29, 0.717) is 33.9 Å². The van der Waals surface area contributed by atoms with Gasteiger partial charge >= 0.3 is 0 Å². The van der Waals surface area contributed by atoms with Gasteiger partial charge in [0, 0.05) is 28.4 Å². The summed E-state index contributed by atoms with van der Waals surface area (Å²) in [5.41, 5.74) is 5.06. The second-order valence-corrected chi connectivity index (χ2v) is 10.7. The quantitative estimate of drug-likeness (QED) is 0.338. The maximum absolute atomic E-state index is 13.2. The van der Waals surface area contributed by atoms with Crippen LogP contribution in [0.3, 0.4) is 0 Å². The summed E-state index contributed by atoms with van der Waals surface area (Å²) in [4.78, 5) is 28.6. The number of nitrogens with one attached hydrogen (secondary N) is 1. The van der Waals surface area contributed by atoms with Crippen molar-refractivity contribution in [3.63, 3.8) is 0 Å². The zero-order valence-electron chi connectivity index (χ0n) is 23.0. The van der Waals surface area contributed by atoms with Gasteiger partial charge in [-0.1, -0.05) is 30.7 Å². The van der Waals surface area contributed by atoms with Crippen molar-refractivity contribution in [2.45, 2.75) is 44.9 Å². The normalized spacial score (nSPS) is 17.2. The standard InChI is InChI=1S/C33H38N2O4/c1-38-30-15-14-29(22-31(30)39-2)34-33(37)25-10-8-24(9-11-25)32(36)28-13-12-26-20-23(6-7-27(26)21-28)16-19-35-17-4-3-5-18-35/h8-15,21-23H,3-7,16-20H2,1-2H3,(H,34,37). The largest absolute Gasteiger partial charge is 0.493 e. The molecule has 0 radical (unpaired) electrons. The lowest BCUT2D eigenvalue weighted by atomic mass is 9.81. The second-order valence-electron chi connectivity index (χ2n) is 10.7. The van der Waals surface area contributed by atoms with E-state index >= 15 is 0 Å². The summed E-state index contributed by atoms with van der Waals surface area (Å²) < 4.78 is 10.6. The lowest BCUT2D eigenvalue weighted by molar-refractivity contribution is 0.102. The molecule has 204 valence electrons. The topological polar surface area (TPSA) is 67.9 Å². The molecule has 0 aromatic heterocycles. The Morgan fingerprint density at radius 1 is 0.821 bits per heavy atom. The van der Waals surface area contributed by atoms with Crippen LogP contribution in [-0.4, -0.2) is 50.4 Å². The molecule has 1 fully saturated rings. The molecule has 0 saturated carbocycles. The monoisotopic (exact) mass is 526 g/mol. The molecule has 1 aliphatic heterocycles. The fourth-order valence-electron chi connectivity index (χ4n) is 5.82. The van der Waals surface area contributed by atoms with Crippen molar-refractivity contribution in [3.05, 3.63) is 88.5 Å². The molecule has 0 bridgehead atoms. The van der Waals surface area contributed by atoms with Crippen LogP contribution in [0.25, 0.3) is 0 Å². The summed E-state index contributed by atoms with van der Waals surface area (Å²) in [7, 11) is 3.12. The number of anilines is 1. The molecule has 2 aliphatic rings. The third-order valence-corrected chi connectivity index (χ3v) is 8.15. The molecule has 1 aliphatic carbocycles. The zero-order valence-corrected chi connectivity index (χ0v) is 23.0. The van der Waals surface area contributed by atoms with Gasteiger partial charge in [-0.3, -0.25) is 9.59 Å². The van der Waals surface area contributed by atoms with Crippen LogP contribution in [0.5, 0.6) is 11.5 Å². The lowest BCUT2D eigenvalue weighted by Gasteiger charge is -2.30. The average molecular weight is 527 g/mol. The Morgan fingerprint density at radius 2 is 1.54 bits per heavy atom. The van der Waals surface area contributed by atoms with Crippen LogP contribution in [0.2, 0.25) is 0 Å². The van der Waals surface area contributed by atoms with E-state index in [1.54, 1.807) is 56.7 Å². The number of rotatable bonds is 9. The highest BCUT2D eigenvalue weighted by Crippen LogP contribution is 2.31. The van der Waals surface area contributed by atoms with Crippen LogP contribution < -0.4 is 14.8 Å². The van der Waals surface area contributed by atoms with Crippen molar-refractivity contribution in [3.8, 4) is 11.5 Å². The highest BCUT2D eigenvalue weighted by molar-refractivity contribution is 6.10. The van der Waals surface area contributed by atoms with Gasteiger partial charge in [-0.25, -0.2) is 0 Å². The Balaban J connectivity index is 1.19. The smallest absolute Gasteiger partial charge is 0.255 e. The fraction of sp³-hybridized carbons (Fsp3) is 0.394. The highest BCUT2D eigenvalue weighted by Gasteiger charge is 2.22. The number of hydrogen-bond donors (Lipinski definition) is 1. The summed E-state index contributed by atoms with van der Waals surface area (Å²) >= 11 is 0. The van der Waals surface area contributed by atoms with Crippen LogP contribution in [0.1, 0.15) is 69.5 Å². The van der Waals surface area contributed by atoms with E-state index < -0.39 is 0 Å². The molecular weight excluding hydrogens is 488 g/mol. The number of ether oxygens (including phenoxy) is 2. The minimum Gasteiger partial charge on any atom is -0.493 e. The maximum Gasteiger partial charge on any atom is 0.255 e. The number of nitrogens with zero attached hydrogens (tertiary/aromatic N) is 1. The molecule has 3 aromatic carbocycles. The van der Waals surface area contributed by atoms with Gasteiger partial charge < -0.3 is 19.7 Å². The Morgan fingerprint density at radius 3 is 2.28 bits per heavy atom. The number of carbonyl (C=O) groups excluding carboxylic acids is 2. The molecule has 0 spiro atoms. The van der Waals surface area contributed by atoms with Gasteiger partial charge in [0.25, 0.3) is 5.91 Å². The number of amides is 1. The number of carbonyl (C=O) groups is 2. The Bertz CT molecular complexity index is 1310. The van der Waals surface area contributed by atoms with Gasteiger partial charge in [-0.2, -0.15) is 0 Å². The van der Waals surface area contributed by atoms with E-state index in [1.807, 2.05) is 6.07 Å². The molecule has 39 heavy (non-hydrogen) atoms. The highest BCUT2D eigenvalue weighted by atomic mass is 16.5. The first-order chi connectivity index (χ1) is 19.0. The van der Waals surface area contributed by atoms with Crippen LogP contribution >= 0.6 is 0 Å². The van der Waals surface area contributed by atoms with Crippen molar-refractivity contribution in [1.82, 2.24) is 4.90 Å². The minimum atomic E-state index is -0.259. The summed E-state index contributed by atoms with van der Waals surface area (Å²) in [6, 6.07) is 18.2. The average Bonchev–Trinajstić information content (AvgIpc) is 2.99. The SMILES string of the molecule is COc1ccc(NC(=O)c2ccc(C(=O)c3ccc4c(c3)CCC(CCN3CCCCC3)C4)cc2)cc1OC. The van der Waals surface area contributed by atoms with Gasteiger partial charge in [0.2, 0.25) is 0 Å². The number of fused-ring (bicyclic) bond motifs is 1. The van der Waals surface area contributed by atoms with Crippen LogP contribution in [-0.2, 0) is 12.8 Å². The Hall–Kier alpha value is -3.64. The van der Waals surface area contributed by atoms with Crippen LogP contribution in [0, 0.1) is 5.92 Å². The number of methoxy groups -OCH3 is 2. The third-order valence-electron chi connectivity index (χ3n) is 8.15. The molecule has 6 heteroatoms. The van der Waals surface area contributed by atoms with Gasteiger partial charge in [-0.15, -0.1) is 0 Å². The van der Waals surface area contributed by atoms with Gasteiger partial charge in [0.05, 0.1) is 14.2 Å². The third kappa shape index (κ3) is 6.51. The summed E-state index contributed by atoms with van der Waals surface area (Å²) in [5, 5.41) is 2.87. The molecule has 1 heterocycles. The van der Waals surface area contributed by atoms with Crippen molar-refractivity contribution < 1.29 is 19.1 Å². The van der Waals surface area contributed by atoms with E-state index in [-0.39, 0.29) is 11.7 Å². The summed E-state index contributed by atoms with van der Waals surface area (Å²) in [5.74, 6) is 1.59. The molecule has 1 saturated heterocycles. The Labute approximate surface area is 231 Å². The number of aryl methyl sites for hydroxylation is 1. The summed E-state index contributed by atoms with van der Waals surface area (Å²) in [6.45, 7) is 3.75. The van der Waals surface area contributed by atoms with Crippen molar-refractivity contribution in [2.75, 3.05) is 39.2 Å². The van der Waals surface area contributed by atoms with Crippen molar-refractivity contribution in [2.24, 2.45) is 5.92 Å². The minimum absolute atomic E-state index is 0.0168. The number of hydrogen-bond acceptors (Lipinski definition) is 5. The van der Waals surface area contributed by atoms with E-state index in [0.717, 1.165) is 18.8 Å². The molecular formula is C33H38N2O4. The van der Waals surface area contributed by atoms with E-state index in [1.165, 1.54) is 62.9 Å². The fourth-order valence-corrected chi connectivity index (χ4v) is 5.82. The first-order valence-electron chi connectivity index (χ1n) is 14.1. The molecule has 1 atom stereocenters. The van der Waals surface area contributed by atoms with Crippen molar-refractivity contribution in [1.29, 1.82) is 0 Å². The number of piperidine rings is 1. The first-order valence-corrected chi connectivity index (χ1v) is 14.1. The summed E-state index contributed by atoms with van der Waals surface area (Å²) in [6.07, 6.45) is 8.69. The van der Waals surface area contributed by atoms with Gasteiger partial charge in [0.15, 0.2) is 17.3 Å². The van der Waals surface area contributed by atoms with E-state index in [2.05, 4.69) is 22.3 Å². The maximum atomic E-state index is 13.2. The number of ketones is 1. The first kappa shape index (κ1) is 26.9. The van der Waals surface area contributed by atoms with Gasteiger partial charge in [-0.05, 0) is 106 Å².